The molecule has 148 valence electrons. The molecule has 2 amide bonds. The molecule has 1 aromatic carbocycles. The molecule has 2 aliphatic rings. The molecule has 27 heavy (non-hydrogen) atoms. The lowest BCUT2D eigenvalue weighted by atomic mass is 10.0. The first-order valence-corrected chi connectivity index (χ1v) is 11.1. The van der Waals surface area contributed by atoms with E-state index < -0.39 is 10.0 Å². The average molecular weight is 394 g/mol. The molecule has 0 saturated carbocycles. The number of carbonyl (C=O) groups excluding carboxylic acids is 2. The monoisotopic (exact) mass is 393 g/mol. The van der Waals surface area contributed by atoms with Gasteiger partial charge in [0.1, 0.15) is 0 Å². The van der Waals surface area contributed by atoms with Crippen LogP contribution in [0.2, 0.25) is 0 Å². The first kappa shape index (κ1) is 19.8. The number of sulfonamides is 1. The Hall–Kier alpha value is -1.93. The molecule has 0 aromatic heterocycles. The first-order valence-electron chi connectivity index (χ1n) is 9.49. The van der Waals surface area contributed by atoms with Crippen LogP contribution < -0.4 is 5.32 Å². The summed E-state index contributed by atoms with van der Waals surface area (Å²) in [7, 11) is -3.16. The van der Waals surface area contributed by atoms with Crippen molar-refractivity contribution in [3.8, 4) is 0 Å². The van der Waals surface area contributed by atoms with Crippen molar-refractivity contribution in [2.45, 2.75) is 38.8 Å². The van der Waals surface area contributed by atoms with Crippen molar-refractivity contribution in [1.82, 2.24) is 14.5 Å². The molecule has 1 atom stereocenters. The Morgan fingerprint density at radius 1 is 1.19 bits per heavy atom. The van der Waals surface area contributed by atoms with Crippen LogP contribution in [0.5, 0.6) is 0 Å². The van der Waals surface area contributed by atoms with E-state index in [-0.39, 0.29) is 35.9 Å². The van der Waals surface area contributed by atoms with Gasteiger partial charge >= 0.3 is 0 Å². The number of benzene rings is 1. The molecular formula is C19H27N3O4S. The summed E-state index contributed by atoms with van der Waals surface area (Å²) in [5.41, 5.74) is 1.05. The molecule has 2 heterocycles. The van der Waals surface area contributed by atoms with E-state index in [0.717, 1.165) is 5.56 Å². The van der Waals surface area contributed by atoms with E-state index in [4.69, 9.17) is 0 Å². The third-order valence-corrected chi connectivity index (χ3v) is 7.24. The van der Waals surface area contributed by atoms with Gasteiger partial charge in [0.2, 0.25) is 21.8 Å². The fourth-order valence-corrected chi connectivity index (χ4v) is 4.82. The van der Waals surface area contributed by atoms with Crippen LogP contribution >= 0.6 is 0 Å². The fraction of sp³-hybridized carbons (Fsp3) is 0.579. The first-order chi connectivity index (χ1) is 12.9. The van der Waals surface area contributed by atoms with Gasteiger partial charge in [-0.25, -0.2) is 12.7 Å². The van der Waals surface area contributed by atoms with E-state index in [1.165, 1.54) is 4.31 Å². The van der Waals surface area contributed by atoms with Crippen LogP contribution in [0, 0.1) is 5.92 Å². The standard InChI is InChI=1S/C19H27N3O4S/c1-2-27(25,26)22-10-8-17(9-11-22)20-19(24)16-12-18(23)21(14-16)13-15-6-4-3-5-7-15/h3-7,16-17H,2,8-14H2,1H3,(H,20,24). The average Bonchev–Trinajstić information content (AvgIpc) is 3.04. The minimum Gasteiger partial charge on any atom is -0.353 e. The topological polar surface area (TPSA) is 86.8 Å². The number of rotatable bonds is 6. The zero-order chi connectivity index (χ0) is 19.4. The number of hydrogen-bond acceptors (Lipinski definition) is 4. The van der Waals surface area contributed by atoms with Crippen molar-refractivity contribution in [3.05, 3.63) is 35.9 Å². The van der Waals surface area contributed by atoms with Crippen LogP contribution in [-0.2, 0) is 26.2 Å². The van der Waals surface area contributed by atoms with Crippen molar-refractivity contribution < 1.29 is 18.0 Å². The number of hydrogen-bond donors (Lipinski definition) is 1. The Balaban J connectivity index is 1.49. The minimum atomic E-state index is -3.16. The molecule has 0 aliphatic carbocycles. The predicted octanol–water partition coefficient (Wildman–Crippen LogP) is 0.965. The summed E-state index contributed by atoms with van der Waals surface area (Å²) in [4.78, 5) is 26.5. The molecule has 0 radical (unpaired) electrons. The zero-order valence-electron chi connectivity index (χ0n) is 15.6. The maximum atomic E-state index is 12.6. The van der Waals surface area contributed by atoms with Crippen molar-refractivity contribution >= 4 is 21.8 Å². The lowest BCUT2D eigenvalue weighted by molar-refractivity contribution is -0.129. The summed E-state index contributed by atoms with van der Waals surface area (Å²) < 4.78 is 25.3. The highest BCUT2D eigenvalue weighted by atomic mass is 32.2. The minimum absolute atomic E-state index is 0.00265. The van der Waals surface area contributed by atoms with E-state index in [1.807, 2.05) is 30.3 Å². The predicted molar refractivity (Wildman–Crippen MR) is 102 cm³/mol. The number of nitrogens with zero attached hydrogens (tertiary/aromatic N) is 2. The van der Waals surface area contributed by atoms with Gasteiger partial charge < -0.3 is 10.2 Å². The smallest absolute Gasteiger partial charge is 0.225 e. The lowest BCUT2D eigenvalue weighted by Gasteiger charge is -2.31. The molecule has 0 spiro atoms. The van der Waals surface area contributed by atoms with Gasteiger partial charge in [-0.2, -0.15) is 0 Å². The summed E-state index contributed by atoms with van der Waals surface area (Å²) >= 11 is 0. The summed E-state index contributed by atoms with van der Waals surface area (Å²) in [5, 5.41) is 3.02. The molecule has 2 saturated heterocycles. The molecular weight excluding hydrogens is 366 g/mol. The Morgan fingerprint density at radius 3 is 2.48 bits per heavy atom. The second-order valence-electron chi connectivity index (χ2n) is 7.24. The maximum absolute atomic E-state index is 12.6. The van der Waals surface area contributed by atoms with Gasteiger partial charge in [-0.15, -0.1) is 0 Å². The van der Waals surface area contributed by atoms with Crippen molar-refractivity contribution in [3.63, 3.8) is 0 Å². The van der Waals surface area contributed by atoms with Crippen molar-refractivity contribution in [1.29, 1.82) is 0 Å². The van der Waals surface area contributed by atoms with Gasteiger partial charge in [-0.05, 0) is 25.3 Å². The molecule has 2 aliphatic heterocycles. The van der Waals surface area contributed by atoms with Gasteiger partial charge in [0.05, 0.1) is 11.7 Å². The third kappa shape index (κ3) is 4.87. The van der Waals surface area contributed by atoms with Crippen LogP contribution in [0.25, 0.3) is 0 Å². The van der Waals surface area contributed by atoms with Crippen LogP contribution in [0.4, 0.5) is 0 Å². The molecule has 3 rings (SSSR count). The van der Waals surface area contributed by atoms with Gasteiger partial charge in [-0.3, -0.25) is 9.59 Å². The van der Waals surface area contributed by atoms with E-state index in [9.17, 15) is 18.0 Å². The highest BCUT2D eigenvalue weighted by molar-refractivity contribution is 7.89. The number of amides is 2. The highest BCUT2D eigenvalue weighted by Crippen LogP contribution is 2.22. The zero-order valence-corrected chi connectivity index (χ0v) is 16.5. The lowest BCUT2D eigenvalue weighted by Crippen LogP contribution is -2.48. The SMILES string of the molecule is CCS(=O)(=O)N1CCC(NC(=O)C2CC(=O)N(Cc3ccccc3)C2)CC1. The quantitative estimate of drug-likeness (QED) is 0.780. The van der Waals surface area contributed by atoms with E-state index >= 15 is 0 Å². The molecule has 7 nitrogen and oxygen atoms in total. The summed E-state index contributed by atoms with van der Waals surface area (Å²) in [6.45, 7) is 3.47. The molecule has 8 heteroatoms. The Bertz CT molecular complexity index is 773. The Kier molecular flexibility index (Phi) is 6.16. The molecule has 1 unspecified atom stereocenters. The molecule has 1 aromatic rings. The Labute approximate surface area is 160 Å². The van der Waals surface area contributed by atoms with Crippen LogP contribution in [-0.4, -0.2) is 60.9 Å². The Morgan fingerprint density at radius 2 is 1.85 bits per heavy atom. The number of carbonyl (C=O) groups is 2. The van der Waals surface area contributed by atoms with E-state index in [0.29, 0.717) is 39.0 Å². The largest absolute Gasteiger partial charge is 0.353 e. The van der Waals surface area contributed by atoms with Gasteiger partial charge in [0.25, 0.3) is 0 Å². The third-order valence-electron chi connectivity index (χ3n) is 5.36. The van der Waals surface area contributed by atoms with Crippen LogP contribution in [0.1, 0.15) is 31.7 Å². The van der Waals surface area contributed by atoms with Gasteiger partial charge in [0.15, 0.2) is 0 Å². The van der Waals surface area contributed by atoms with Crippen molar-refractivity contribution in [2.75, 3.05) is 25.4 Å². The summed E-state index contributed by atoms with van der Waals surface area (Å²) in [6, 6.07) is 9.72. The second kappa shape index (κ2) is 8.39. The van der Waals surface area contributed by atoms with Crippen LogP contribution in [0.3, 0.4) is 0 Å². The second-order valence-corrected chi connectivity index (χ2v) is 9.50. The maximum Gasteiger partial charge on any atom is 0.225 e. The molecule has 2 fully saturated rings. The van der Waals surface area contributed by atoms with Crippen molar-refractivity contribution in [2.24, 2.45) is 5.92 Å². The number of likely N-dealkylation sites (tertiary alicyclic amines) is 1. The fourth-order valence-electron chi connectivity index (χ4n) is 3.68. The van der Waals surface area contributed by atoms with Crippen LogP contribution in [0.15, 0.2) is 30.3 Å². The van der Waals surface area contributed by atoms with E-state index in [2.05, 4.69) is 5.32 Å². The highest BCUT2D eigenvalue weighted by Gasteiger charge is 2.36. The number of piperidine rings is 1. The summed E-state index contributed by atoms with van der Waals surface area (Å²) in [6.07, 6.45) is 1.46. The normalized spacial score (nSPS) is 22.2. The molecule has 0 bridgehead atoms. The number of nitrogens with one attached hydrogen (secondary N) is 1. The van der Waals surface area contributed by atoms with Gasteiger partial charge in [-0.1, -0.05) is 30.3 Å². The summed E-state index contributed by atoms with van der Waals surface area (Å²) in [5.74, 6) is -0.331. The van der Waals surface area contributed by atoms with Gasteiger partial charge in [0, 0.05) is 38.6 Å². The molecule has 1 N–H and O–H groups in total. The van der Waals surface area contributed by atoms with E-state index in [1.54, 1.807) is 11.8 Å².